The molecule has 3 heteroatoms. The van der Waals surface area contributed by atoms with E-state index in [0.717, 1.165) is 24.8 Å². The number of fused-ring (bicyclic) bond motifs is 6. The van der Waals surface area contributed by atoms with E-state index in [1.165, 1.54) is 0 Å². The standard InChI is InChI=1S/C14H14O3/c15-13-12-8-4-3-6-9(8)14(12,16)10-5-1-2-7-11(10)17-13/h1-2,5,7-9,12,16H,3-4,6H2/t8-,9+,12+,14+/m0/s1. The van der Waals surface area contributed by atoms with E-state index in [0.29, 0.717) is 11.7 Å². The number of carbonyl (C=O) groups is 1. The van der Waals surface area contributed by atoms with Gasteiger partial charge in [-0.3, -0.25) is 4.79 Å². The minimum absolute atomic E-state index is 0.241. The second-order valence-corrected chi connectivity index (χ2v) is 5.42. The summed E-state index contributed by atoms with van der Waals surface area (Å²) in [4.78, 5) is 12.0. The van der Waals surface area contributed by atoms with Gasteiger partial charge in [0.15, 0.2) is 0 Å². The molecule has 0 radical (unpaired) electrons. The Morgan fingerprint density at radius 1 is 1.29 bits per heavy atom. The first-order chi connectivity index (χ1) is 8.23. The summed E-state index contributed by atoms with van der Waals surface area (Å²) < 4.78 is 5.34. The Kier molecular flexibility index (Phi) is 1.65. The van der Waals surface area contributed by atoms with Gasteiger partial charge in [0.1, 0.15) is 11.4 Å². The molecule has 1 N–H and O–H groups in total. The summed E-state index contributed by atoms with van der Waals surface area (Å²) in [7, 11) is 0. The van der Waals surface area contributed by atoms with Crippen LogP contribution in [0.4, 0.5) is 0 Å². The molecule has 0 saturated heterocycles. The number of aliphatic hydroxyl groups is 1. The van der Waals surface area contributed by atoms with Crippen molar-refractivity contribution >= 4 is 5.97 Å². The molecule has 0 bridgehead atoms. The quantitative estimate of drug-likeness (QED) is 0.546. The first-order valence-corrected chi connectivity index (χ1v) is 6.26. The molecule has 4 atom stereocenters. The van der Waals surface area contributed by atoms with Crippen LogP contribution < -0.4 is 4.74 Å². The van der Waals surface area contributed by atoms with Crippen molar-refractivity contribution in [1.82, 2.24) is 0 Å². The van der Waals surface area contributed by atoms with Gasteiger partial charge >= 0.3 is 5.97 Å². The second kappa shape index (κ2) is 2.91. The average Bonchev–Trinajstić information content (AvgIpc) is 2.73. The number of benzene rings is 1. The number of hydrogen-bond donors (Lipinski definition) is 1. The molecule has 0 amide bonds. The summed E-state index contributed by atoms with van der Waals surface area (Å²) in [6.45, 7) is 0. The summed E-state index contributed by atoms with van der Waals surface area (Å²) in [5.41, 5.74) is -0.139. The molecule has 0 spiro atoms. The summed E-state index contributed by atoms with van der Waals surface area (Å²) in [6.07, 6.45) is 3.19. The molecule has 17 heavy (non-hydrogen) atoms. The molecule has 2 aliphatic carbocycles. The van der Waals surface area contributed by atoms with Gasteiger partial charge in [0.25, 0.3) is 0 Å². The Bertz CT molecular complexity index is 510. The van der Waals surface area contributed by atoms with Gasteiger partial charge in [0.05, 0.1) is 5.92 Å². The zero-order valence-electron chi connectivity index (χ0n) is 9.43. The fourth-order valence-corrected chi connectivity index (χ4v) is 4.15. The zero-order valence-corrected chi connectivity index (χ0v) is 9.43. The van der Waals surface area contributed by atoms with E-state index in [2.05, 4.69) is 0 Å². The molecular weight excluding hydrogens is 216 g/mol. The van der Waals surface area contributed by atoms with E-state index in [1.54, 1.807) is 6.07 Å². The maximum atomic E-state index is 12.0. The molecule has 3 aliphatic rings. The zero-order chi connectivity index (χ0) is 11.6. The number of hydrogen-bond acceptors (Lipinski definition) is 3. The number of esters is 1. The monoisotopic (exact) mass is 230 g/mol. The molecule has 0 aromatic heterocycles. The van der Waals surface area contributed by atoms with Crippen LogP contribution in [-0.2, 0) is 10.4 Å². The number of rotatable bonds is 0. The lowest BCUT2D eigenvalue weighted by molar-refractivity contribution is -0.216. The fraction of sp³-hybridized carbons (Fsp3) is 0.500. The van der Waals surface area contributed by atoms with Crippen LogP contribution >= 0.6 is 0 Å². The van der Waals surface area contributed by atoms with Gasteiger partial charge in [-0.2, -0.15) is 0 Å². The number of carbonyl (C=O) groups excluding carboxylic acids is 1. The van der Waals surface area contributed by atoms with E-state index in [-0.39, 0.29) is 17.8 Å². The van der Waals surface area contributed by atoms with Crippen molar-refractivity contribution in [3.63, 3.8) is 0 Å². The normalized spacial score (nSPS) is 41.9. The van der Waals surface area contributed by atoms with Crippen molar-refractivity contribution in [2.75, 3.05) is 0 Å². The van der Waals surface area contributed by atoms with Crippen LogP contribution in [0.3, 0.4) is 0 Å². The van der Waals surface area contributed by atoms with Gasteiger partial charge in [-0.25, -0.2) is 0 Å². The van der Waals surface area contributed by atoms with Crippen molar-refractivity contribution in [3.05, 3.63) is 29.8 Å². The van der Waals surface area contributed by atoms with Crippen molar-refractivity contribution in [3.8, 4) is 5.75 Å². The molecule has 0 unspecified atom stereocenters. The highest BCUT2D eigenvalue weighted by atomic mass is 16.5. The second-order valence-electron chi connectivity index (χ2n) is 5.42. The lowest BCUT2D eigenvalue weighted by atomic mass is 9.51. The summed E-state index contributed by atoms with van der Waals surface area (Å²) >= 11 is 0. The molecule has 1 aliphatic heterocycles. The summed E-state index contributed by atoms with van der Waals surface area (Å²) in [5, 5.41) is 10.9. The van der Waals surface area contributed by atoms with Gasteiger partial charge in [-0.1, -0.05) is 24.6 Å². The van der Waals surface area contributed by atoms with Crippen molar-refractivity contribution in [2.45, 2.75) is 24.9 Å². The fourth-order valence-electron chi connectivity index (χ4n) is 4.15. The SMILES string of the molecule is O=C1Oc2ccccc2[C@]2(O)[C@@H]3CCC[C@@H]3[C@H]12. The third-order valence-corrected chi connectivity index (χ3v) is 4.82. The van der Waals surface area contributed by atoms with Crippen LogP contribution in [0, 0.1) is 17.8 Å². The van der Waals surface area contributed by atoms with E-state index in [4.69, 9.17) is 4.74 Å². The van der Waals surface area contributed by atoms with Crippen LogP contribution in [0.2, 0.25) is 0 Å². The van der Waals surface area contributed by atoms with Crippen LogP contribution in [0.15, 0.2) is 24.3 Å². The summed E-state index contributed by atoms with van der Waals surface area (Å²) in [5.74, 6) is 0.559. The molecule has 2 fully saturated rings. The average molecular weight is 230 g/mol. The van der Waals surface area contributed by atoms with Gasteiger partial charge in [0, 0.05) is 5.56 Å². The molecule has 4 rings (SSSR count). The Labute approximate surface area is 99.4 Å². The maximum absolute atomic E-state index is 12.0. The highest BCUT2D eigenvalue weighted by Gasteiger charge is 2.69. The molecule has 88 valence electrons. The van der Waals surface area contributed by atoms with E-state index in [9.17, 15) is 9.90 Å². The Balaban J connectivity index is 1.91. The highest BCUT2D eigenvalue weighted by molar-refractivity contribution is 5.82. The Morgan fingerprint density at radius 3 is 3.00 bits per heavy atom. The third kappa shape index (κ3) is 0.951. The topological polar surface area (TPSA) is 46.5 Å². The van der Waals surface area contributed by atoms with Crippen LogP contribution in [-0.4, -0.2) is 11.1 Å². The predicted molar refractivity (Wildman–Crippen MR) is 60.3 cm³/mol. The Morgan fingerprint density at radius 2 is 2.12 bits per heavy atom. The number of ether oxygens (including phenoxy) is 1. The minimum atomic E-state index is -0.951. The third-order valence-electron chi connectivity index (χ3n) is 4.82. The lowest BCUT2D eigenvalue weighted by Gasteiger charge is -2.56. The van der Waals surface area contributed by atoms with Gasteiger partial charge in [-0.05, 0) is 30.7 Å². The summed E-state index contributed by atoms with van der Waals surface area (Å²) in [6, 6.07) is 7.39. The van der Waals surface area contributed by atoms with Crippen LogP contribution in [0.5, 0.6) is 5.75 Å². The minimum Gasteiger partial charge on any atom is -0.426 e. The van der Waals surface area contributed by atoms with Crippen LogP contribution in [0.1, 0.15) is 24.8 Å². The van der Waals surface area contributed by atoms with Gasteiger partial charge in [-0.15, -0.1) is 0 Å². The smallest absolute Gasteiger partial charge is 0.317 e. The number of para-hydroxylation sites is 1. The molecular formula is C14H14O3. The van der Waals surface area contributed by atoms with Crippen molar-refractivity contribution in [2.24, 2.45) is 17.8 Å². The van der Waals surface area contributed by atoms with Crippen molar-refractivity contribution in [1.29, 1.82) is 0 Å². The molecule has 2 saturated carbocycles. The Hall–Kier alpha value is -1.35. The molecule has 1 aromatic rings. The first kappa shape index (κ1) is 9.66. The lowest BCUT2D eigenvalue weighted by Crippen LogP contribution is -2.63. The molecule has 1 heterocycles. The maximum Gasteiger partial charge on any atom is 0.317 e. The van der Waals surface area contributed by atoms with Crippen molar-refractivity contribution < 1.29 is 14.6 Å². The first-order valence-electron chi connectivity index (χ1n) is 6.26. The largest absolute Gasteiger partial charge is 0.426 e. The molecule has 1 aromatic carbocycles. The van der Waals surface area contributed by atoms with Gasteiger partial charge in [0.2, 0.25) is 0 Å². The highest BCUT2D eigenvalue weighted by Crippen LogP contribution is 2.65. The van der Waals surface area contributed by atoms with E-state index < -0.39 is 5.60 Å². The molecule has 3 nitrogen and oxygen atoms in total. The van der Waals surface area contributed by atoms with E-state index in [1.807, 2.05) is 18.2 Å². The van der Waals surface area contributed by atoms with Gasteiger partial charge < -0.3 is 9.84 Å². The predicted octanol–water partition coefficient (Wildman–Crippen LogP) is 1.84. The van der Waals surface area contributed by atoms with Crippen LogP contribution in [0.25, 0.3) is 0 Å². The van der Waals surface area contributed by atoms with E-state index >= 15 is 0 Å².